The quantitative estimate of drug-likeness (QED) is 0.886. The topological polar surface area (TPSA) is 55.8 Å². The molecule has 1 aromatic carbocycles. The van der Waals surface area contributed by atoms with Crippen LogP contribution in [0.4, 0.5) is 8.78 Å². The molecule has 0 heterocycles. The predicted molar refractivity (Wildman–Crippen MR) is 56.1 cm³/mol. The van der Waals surface area contributed by atoms with Crippen molar-refractivity contribution in [2.24, 2.45) is 0 Å². The summed E-state index contributed by atoms with van der Waals surface area (Å²) in [6.45, 7) is 0.663. The number of benzene rings is 1. The largest absolute Gasteiger partial charge is 0.493 e. The van der Waals surface area contributed by atoms with Gasteiger partial charge in [-0.25, -0.2) is 13.6 Å². The Hall–Kier alpha value is -1.85. The van der Waals surface area contributed by atoms with Crippen molar-refractivity contribution in [1.82, 2.24) is 0 Å². The zero-order valence-electron chi connectivity index (χ0n) is 9.58. The molecule has 0 saturated carbocycles. The van der Waals surface area contributed by atoms with E-state index >= 15 is 0 Å². The van der Waals surface area contributed by atoms with E-state index in [1.807, 2.05) is 0 Å². The molecular weight excluding hydrogens is 234 g/mol. The van der Waals surface area contributed by atoms with E-state index in [2.05, 4.69) is 0 Å². The van der Waals surface area contributed by atoms with E-state index in [-0.39, 0.29) is 17.1 Å². The molecule has 0 aromatic heterocycles. The van der Waals surface area contributed by atoms with Gasteiger partial charge in [-0.3, -0.25) is 0 Å². The van der Waals surface area contributed by atoms with Crippen LogP contribution < -0.4 is 9.47 Å². The first kappa shape index (κ1) is 13.2. The highest BCUT2D eigenvalue weighted by molar-refractivity contribution is 5.89. The lowest BCUT2D eigenvalue weighted by Gasteiger charge is -2.18. The van der Waals surface area contributed by atoms with E-state index in [1.165, 1.54) is 14.2 Å². The average molecular weight is 246 g/mol. The summed E-state index contributed by atoms with van der Waals surface area (Å²) in [4.78, 5) is 10.8. The molecule has 0 aliphatic heterocycles. The monoisotopic (exact) mass is 246 g/mol. The summed E-state index contributed by atoms with van der Waals surface area (Å²) in [6.07, 6.45) is 0. The highest BCUT2D eigenvalue weighted by Gasteiger charge is 2.32. The van der Waals surface area contributed by atoms with Gasteiger partial charge >= 0.3 is 5.97 Å². The summed E-state index contributed by atoms with van der Waals surface area (Å²) < 4.78 is 36.3. The molecule has 1 rings (SSSR count). The maximum Gasteiger partial charge on any atom is 0.335 e. The van der Waals surface area contributed by atoms with Gasteiger partial charge in [0.25, 0.3) is 5.92 Å². The average Bonchev–Trinajstić information content (AvgIpc) is 2.25. The van der Waals surface area contributed by atoms with Gasteiger partial charge in [-0.1, -0.05) is 0 Å². The Morgan fingerprint density at radius 2 is 1.88 bits per heavy atom. The van der Waals surface area contributed by atoms with E-state index in [4.69, 9.17) is 14.6 Å². The Balaban J connectivity index is 3.54. The van der Waals surface area contributed by atoms with Crippen LogP contribution in [0, 0.1) is 0 Å². The second-order valence-electron chi connectivity index (χ2n) is 3.45. The molecule has 4 nitrogen and oxygen atoms in total. The van der Waals surface area contributed by atoms with Crippen molar-refractivity contribution in [3.63, 3.8) is 0 Å². The third-order valence-electron chi connectivity index (χ3n) is 2.20. The summed E-state index contributed by atoms with van der Waals surface area (Å²) in [5, 5.41) is 8.82. The van der Waals surface area contributed by atoms with Crippen molar-refractivity contribution in [2.75, 3.05) is 14.2 Å². The third kappa shape index (κ3) is 2.64. The van der Waals surface area contributed by atoms with Crippen LogP contribution in [-0.4, -0.2) is 25.3 Å². The molecule has 0 radical (unpaired) electrons. The number of carboxylic acids is 1. The van der Waals surface area contributed by atoms with Crippen LogP contribution in [0.3, 0.4) is 0 Å². The summed E-state index contributed by atoms with van der Waals surface area (Å²) in [6, 6.07) is 2.01. The van der Waals surface area contributed by atoms with Crippen molar-refractivity contribution in [2.45, 2.75) is 12.8 Å². The molecular formula is C11H12F2O4. The van der Waals surface area contributed by atoms with E-state index in [0.717, 1.165) is 12.1 Å². The fourth-order valence-electron chi connectivity index (χ4n) is 1.41. The maximum absolute atomic E-state index is 13.3. The molecule has 17 heavy (non-hydrogen) atoms. The number of alkyl halides is 2. The zero-order valence-corrected chi connectivity index (χ0v) is 9.58. The predicted octanol–water partition coefficient (Wildman–Crippen LogP) is 2.51. The van der Waals surface area contributed by atoms with Gasteiger partial charge in [-0.15, -0.1) is 0 Å². The molecule has 0 amide bonds. The number of carboxylic acid groups (broad SMARTS) is 1. The number of hydrogen-bond acceptors (Lipinski definition) is 3. The molecule has 0 spiro atoms. The van der Waals surface area contributed by atoms with Gasteiger partial charge in [0.15, 0.2) is 11.5 Å². The molecule has 94 valence electrons. The number of rotatable bonds is 4. The lowest BCUT2D eigenvalue weighted by molar-refractivity contribution is 0.0146. The molecule has 0 bridgehead atoms. The molecule has 0 unspecified atom stereocenters. The molecule has 0 aliphatic carbocycles. The second kappa shape index (κ2) is 4.57. The number of halogens is 2. The summed E-state index contributed by atoms with van der Waals surface area (Å²) >= 11 is 0. The highest BCUT2D eigenvalue weighted by Crippen LogP contribution is 2.41. The molecule has 0 aliphatic rings. The van der Waals surface area contributed by atoms with Crippen molar-refractivity contribution in [3.8, 4) is 11.5 Å². The lowest BCUT2D eigenvalue weighted by Crippen LogP contribution is -2.12. The summed E-state index contributed by atoms with van der Waals surface area (Å²) in [7, 11) is 2.47. The first-order chi connectivity index (χ1) is 7.81. The van der Waals surface area contributed by atoms with Crippen LogP contribution in [-0.2, 0) is 5.92 Å². The normalized spacial score (nSPS) is 11.1. The molecule has 0 saturated heterocycles. The Bertz CT molecular complexity index is 438. The van der Waals surface area contributed by atoms with Gasteiger partial charge in [0.1, 0.15) is 0 Å². The lowest BCUT2D eigenvalue weighted by atomic mass is 10.0. The van der Waals surface area contributed by atoms with Gasteiger partial charge in [0.05, 0.1) is 25.3 Å². The molecule has 0 fully saturated rings. The molecule has 1 N–H and O–H groups in total. The molecule has 0 atom stereocenters. The fraction of sp³-hybridized carbons (Fsp3) is 0.364. The van der Waals surface area contributed by atoms with E-state index in [0.29, 0.717) is 6.92 Å². The Morgan fingerprint density at radius 1 is 1.29 bits per heavy atom. The van der Waals surface area contributed by atoms with Gasteiger partial charge in [-0.2, -0.15) is 0 Å². The fourth-order valence-corrected chi connectivity index (χ4v) is 1.41. The van der Waals surface area contributed by atoms with Crippen LogP contribution in [0.25, 0.3) is 0 Å². The summed E-state index contributed by atoms with van der Waals surface area (Å²) in [5.74, 6) is -4.73. The number of ether oxygens (including phenoxy) is 2. The first-order valence-corrected chi connectivity index (χ1v) is 4.69. The van der Waals surface area contributed by atoms with Crippen molar-refractivity contribution in [1.29, 1.82) is 0 Å². The Labute approximate surface area is 96.8 Å². The number of hydrogen-bond donors (Lipinski definition) is 1. The van der Waals surface area contributed by atoms with Gasteiger partial charge in [0.2, 0.25) is 0 Å². The minimum Gasteiger partial charge on any atom is -0.493 e. The molecule has 1 aromatic rings. The Morgan fingerprint density at radius 3 is 2.24 bits per heavy atom. The molecule has 6 heteroatoms. The van der Waals surface area contributed by atoms with E-state index in [1.54, 1.807) is 0 Å². The Kier molecular flexibility index (Phi) is 3.55. The SMILES string of the molecule is COc1cc(C(=O)O)cc(C(C)(F)F)c1OC. The van der Waals surface area contributed by atoms with E-state index < -0.39 is 17.5 Å². The van der Waals surface area contributed by atoms with Crippen LogP contribution in [0.1, 0.15) is 22.8 Å². The minimum absolute atomic E-state index is 0.0380. The number of carbonyl (C=O) groups is 1. The standard InChI is InChI=1S/C11H12F2O4/c1-11(12,13)7-4-6(10(14)15)5-8(16-2)9(7)17-3/h4-5H,1-3H3,(H,14,15). The van der Waals surface area contributed by atoms with Crippen LogP contribution >= 0.6 is 0 Å². The van der Waals surface area contributed by atoms with Gasteiger partial charge < -0.3 is 14.6 Å². The highest BCUT2D eigenvalue weighted by atomic mass is 19.3. The van der Waals surface area contributed by atoms with Crippen molar-refractivity contribution < 1.29 is 28.2 Å². The number of aromatic carboxylic acids is 1. The van der Waals surface area contributed by atoms with Crippen LogP contribution in [0.5, 0.6) is 11.5 Å². The first-order valence-electron chi connectivity index (χ1n) is 4.69. The zero-order chi connectivity index (χ0) is 13.2. The van der Waals surface area contributed by atoms with Gasteiger partial charge in [0, 0.05) is 6.92 Å². The van der Waals surface area contributed by atoms with Crippen LogP contribution in [0.15, 0.2) is 12.1 Å². The van der Waals surface area contributed by atoms with E-state index in [9.17, 15) is 13.6 Å². The minimum atomic E-state index is -3.22. The van der Waals surface area contributed by atoms with Crippen molar-refractivity contribution in [3.05, 3.63) is 23.3 Å². The maximum atomic E-state index is 13.3. The van der Waals surface area contributed by atoms with Crippen molar-refractivity contribution >= 4 is 5.97 Å². The summed E-state index contributed by atoms with van der Waals surface area (Å²) in [5.41, 5.74) is -0.795. The second-order valence-corrected chi connectivity index (χ2v) is 3.45. The van der Waals surface area contributed by atoms with Crippen LogP contribution in [0.2, 0.25) is 0 Å². The smallest absolute Gasteiger partial charge is 0.335 e. The number of methoxy groups -OCH3 is 2. The third-order valence-corrected chi connectivity index (χ3v) is 2.20. The van der Waals surface area contributed by atoms with Gasteiger partial charge in [-0.05, 0) is 12.1 Å².